The number of carbonyl (C=O) groups excluding carboxylic acids is 3. The lowest BCUT2D eigenvalue weighted by Gasteiger charge is -2.59. The minimum absolute atomic E-state index is 0.000128. The third kappa shape index (κ3) is 14.5. The van der Waals surface area contributed by atoms with E-state index < -0.39 is 16.6 Å². The van der Waals surface area contributed by atoms with Crippen molar-refractivity contribution in [2.75, 3.05) is 26.4 Å². The van der Waals surface area contributed by atoms with Gasteiger partial charge in [0.2, 0.25) is 11.4 Å². The van der Waals surface area contributed by atoms with Crippen LogP contribution in [0.4, 0.5) is 0 Å². The highest BCUT2D eigenvalue weighted by Gasteiger charge is 2.67. The first-order valence-electron chi connectivity index (χ1n) is 48.3. The first-order chi connectivity index (χ1) is 57.5. The zero-order valence-corrected chi connectivity index (χ0v) is 76.4. The van der Waals surface area contributed by atoms with Crippen LogP contribution in [0.1, 0.15) is 394 Å². The Morgan fingerprint density at radius 3 is 1.19 bits per heavy atom. The monoisotopic (exact) mass is 1650 g/mol. The fourth-order valence-corrected chi connectivity index (χ4v) is 28.8. The van der Waals surface area contributed by atoms with Crippen LogP contribution in [0.2, 0.25) is 0 Å². The Labute approximate surface area is 720 Å². The van der Waals surface area contributed by atoms with E-state index in [0.717, 1.165) is 115 Å². The molecular weight excluding hydrogens is 1500 g/mol. The van der Waals surface area contributed by atoms with Gasteiger partial charge in [0.1, 0.15) is 11.5 Å². The number of aromatic nitrogens is 8. The number of aliphatic hydroxyl groups excluding tert-OH is 2. The van der Waals surface area contributed by atoms with Crippen molar-refractivity contribution in [1.82, 2.24) is 39.1 Å². The molecule has 10 fully saturated rings. The first kappa shape index (κ1) is 87.0. The van der Waals surface area contributed by atoms with Crippen LogP contribution < -0.4 is 0 Å². The molecule has 4 aromatic rings. The summed E-state index contributed by atoms with van der Waals surface area (Å²) in [5.74, 6) is 1.72. The normalized spacial score (nSPS) is 34.5. The maximum atomic E-state index is 12.7. The smallest absolute Gasteiger partial charge is 0.226 e. The van der Waals surface area contributed by atoms with Gasteiger partial charge in [-0.2, -0.15) is 20.4 Å². The first-order valence-corrected chi connectivity index (χ1v) is 47.3. The number of ketones is 3. The number of aryl methyl sites for hydroxylation is 4. The van der Waals surface area contributed by atoms with Crippen LogP contribution >= 0.6 is 0 Å². The van der Waals surface area contributed by atoms with Crippen LogP contribution in [0.5, 0.6) is 0 Å². The van der Waals surface area contributed by atoms with Crippen LogP contribution in [-0.4, -0.2) is 105 Å². The quantitative estimate of drug-likeness (QED) is 0.111. The summed E-state index contributed by atoms with van der Waals surface area (Å²) in [6, 6.07) is 2.29. The van der Waals surface area contributed by atoms with E-state index >= 15 is 0 Å². The number of hydrogen-bond acceptors (Lipinski definition) is 13. The molecule has 0 radical (unpaired) electrons. The molecule has 656 valence electrons. The van der Waals surface area contributed by atoms with Crippen molar-refractivity contribution in [3.05, 3.63) is 128 Å². The average Bonchev–Trinajstić information content (AvgIpc) is 1.23. The molecule has 16 aliphatic rings. The van der Waals surface area contributed by atoms with E-state index in [-0.39, 0.29) is 72.5 Å². The van der Waals surface area contributed by atoms with Crippen LogP contribution in [0.15, 0.2) is 59.9 Å². The Morgan fingerprint density at radius 1 is 0.417 bits per heavy atom. The van der Waals surface area contributed by atoms with Crippen molar-refractivity contribution in [1.29, 1.82) is 0 Å². The molecular formula is C101H148N10O9. The van der Waals surface area contributed by atoms with Gasteiger partial charge < -0.3 is 34.0 Å². The Kier molecular flexibility index (Phi) is 23.8. The number of fused-ring (bicyclic) bond motifs is 13. The standard InChI is InChI=1S/C22H34N2O2.C21H29N3O.C21H27N3O.C20H30N2O.C16H24O4.CH4/c1-20(2)18-10-9-16-15-24(17-7-5-4-6-8-17)23-19(16)21(18,3)11-12-22(20)25-13-14-26-22;2*1-20(2)17-11-10-14-13-24(15-8-6-5-7-9-15)23-18(14)21(17,3)12-16(22-4)19(20)25;1-19(2)16-10-9-14-13-22(15-7-5-4-6-8-15)21-18(14)20(16,3)12-11-17(19)23;1-14(2)12-5-4-11(10-17)13(18)15(12,3)6-7-16(14)19-8-9-20-16;/h15,17-18H,4-14H2,1-3H3;13,15,17,25H,5-12H2,1-3H3;12-13,15,17H,5-11H2,1-3H3;13,15-16H,4-12H2,1-3H3;10,12,17H,4-9H2,1-3H3;1H4/b;;;;11-10+;/t18-,21-;2*17-,21-;16-,20-;12-,15-;/m00000./s1/i;;;;;1T. The molecule has 14 aliphatic carbocycles. The molecule has 0 aromatic carbocycles. The average molecular weight is 1650 g/mol. The van der Waals surface area contributed by atoms with Gasteiger partial charge >= 0.3 is 0 Å². The zero-order valence-electron chi connectivity index (χ0n) is 77.4. The zero-order chi connectivity index (χ0) is 86.5. The Morgan fingerprint density at radius 2 is 0.775 bits per heavy atom. The third-order valence-electron chi connectivity index (χ3n) is 35.7. The van der Waals surface area contributed by atoms with Gasteiger partial charge in [0.05, 0.1) is 92.8 Å². The topological polar surface area (TPSA) is 209 Å². The maximum Gasteiger partial charge on any atom is 0.226 e. The van der Waals surface area contributed by atoms with Gasteiger partial charge in [-0.3, -0.25) is 28.3 Å². The van der Waals surface area contributed by atoms with Crippen molar-refractivity contribution in [2.45, 2.75) is 406 Å². The number of Topliss-reactive ketones (excluding diaryl/α,β-unsaturated/α-hetero) is 3. The number of rotatable bonds is 4. The lowest BCUT2D eigenvalue weighted by Crippen LogP contribution is -2.61. The summed E-state index contributed by atoms with van der Waals surface area (Å²) in [7, 11) is 1.25. The minimum atomic E-state index is -0.530. The van der Waals surface area contributed by atoms with Gasteiger partial charge in [-0.05, 0) is 193 Å². The molecule has 4 aromatic heterocycles. The van der Waals surface area contributed by atoms with Crippen LogP contribution in [-0.2, 0) is 80.7 Å². The summed E-state index contributed by atoms with van der Waals surface area (Å²) in [5, 5.41) is 40.4. The van der Waals surface area contributed by atoms with E-state index in [1.165, 1.54) is 182 Å². The van der Waals surface area contributed by atoms with Gasteiger partial charge in [0.25, 0.3) is 0 Å². The maximum absolute atomic E-state index is 12.7. The van der Waals surface area contributed by atoms with Crippen molar-refractivity contribution in [3.8, 4) is 0 Å². The largest absolute Gasteiger partial charge is 0.523 e. The lowest BCUT2D eigenvalue weighted by atomic mass is 9.48. The van der Waals surface area contributed by atoms with Gasteiger partial charge in [-0.25, -0.2) is 9.69 Å². The molecule has 0 unspecified atom stereocenters. The number of hydrogen-bond donors (Lipinski definition) is 2. The molecule has 120 heavy (non-hydrogen) atoms. The molecule has 2 saturated heterocycles. The van der Waals surface area contributed by atoms with E-state index in [2.05, 4.69) is 136 Å². The Balaban J connectivity index is 0.000000117. The second-order valence-corrected chi connectivity index (χ2v) is 44.0. The molecule has 20 rings (SSSR count). The number of aliphatic hydroxyl groups is 2. The highest BCUT2D eigenvalue weighted by molar-refractivity contribution is 6.03. The molecule has 10 atom stereocenters. The third-order valence-corrected chi connectivity index (χ3v) is 35.7. The summed E-state index contributed by atoms with van der Waals surface area (Å²) in [5.41, 5.74) is 10.2. The predicted octanol–water partition coefficient (Wildman–Crippen LogP) is 22.9. The molecule has 2 spiro atoms. The van der Waals surface area contributed by atoms with Crippen LogP contribution in [0, 0.1) is 75.2 Å². The van der Waals surface area contributed by atoms with Crippen LogP contribution in [0.3, 0.4) is 0 Å². The van der Waals surface area contributed by atoms with E-state index in [0.29, 0.717) is 96.5 Å². The predicted molar refractivity (Wildman–Crippen MR) is 469 cm³/mol. The van der Waals surface area contributed by atoms with Gasteiger partial charge in [0.15, 0.2) is 23.1 Å². The fraction of sp³-hybridized carbons (Fsp3) is 0.772. The minimum Gasteiger partial charge on any atom is -0.523 e. The fourth-order valence-electron chi connectivity index (χ4n) is 28.8. The summed E-state index contributed by atoms with van der Waals surface area (Å²) < 4.78 is 39.2. The van der Waals surface area contributed by atoms with Crippen LogP contribution in [0.25, 0.3) is 9.69 Å². The molecule has 19 heteroatoms. The SMILES string of the molecule is CC1(C)C(=O)CC[C@]2(C)c3nn(C4CCCCC4)cc3CC[C@@H]12.CC1(C)[C@@H]2CC/C(=C\O)C(=O)[C@@]2(C)CCC12OCCO2.CC1(C)[C@@H]2CCc3cn(C4CCCCC4)nc3[C@@]2(C)CCC12OCCO2.[3H]C.[C-]#[N+]C1=C(O)C(C)(C)[C@@H]2CCc3cn(C4CCCCC4)nc3[C@@]2(C)C1.[C-]#[N+]C1=C[C@]2(C)c3nn(C4CCCCC4)cc3CC[C@H]2C(C)(C)C1=O. The lowest BCUT2D eigenvalue weighted by molar-refractivity contribution is -0.281. The highest BCUT2D eigenvalue weighted by atomic mass is 16.7. The summed E-state index contributed by atoms with van der Waals surface area (Å²) in [6.45, 7) is 50.8. The van der Waals surface area contributed by atoms with Crippen molar-refractivity contribution in [3.63, 3.8) is 0 Å². The van der Waals surface area contributed by atoms with E-state index in [1.807, 2.05) is 26.8 Å². The second kappa shape index (κ2) is 32.8. The number of allylic oxidation sites excluding steroid dienone is 5. The van der Waals surface area contributed by atoms with E-state index in [1.54, 1.807) is 0 Å². The van der Waals surface area contributed by atoms with Crippen molar-refractivity contribution in [2.24, 2.45) is 62.1 Å². The Bertz CT molecular complexity index is 4660. The van der Waals surface area contributed by atoms with E-state index in [4.69, 9.17) is 53.9 Å². The second-order valence-electron chi connectivity index (χ2n) is 44.0. The Hall–Kier alpha value is -6.51. The molecule has 19 nitrogen and oxygen atoms in total. The molecule has 0 bridgehead atoms. The van der Waals surface area contributed by atoms with E-state index in [9.17, 15) is 24.6 Å². The summed E-state index contributed by atoms with van der Waals surface area (Å²) in [4.78, 5) is 45.1. The van der Waals surface area contributed by atoms with Crippen molar-refractivity contribution >= 4 is 17.3 Å². The van der Waals surface area contributed by atoms with Gasteiger partial charge in [-0.15, -0.1) is 0 Å². The van der Waals surface area contributed by atoms with Gasteiger partial charge in [-0.1, -0.05) is 194 Å². The van der Waals surface area contributed by atoms with Crippen molar-refractivity contribution < 1.29 is 44.9 Å². The highest BCUT2D eigenvalue weighted by Crippen LogP contribution is 2.66. The molecule has 6 heterocycles. The number of nitrogens with zero attached hydrogens (tertiary/aromatic N) is 10. The number of carbonyl (C=O) groups is 3. The summed E-state index contributed by atoms with van der Waals surface area (Å²) in [6.07, 6.45) is 54.5. The molecule has 2 aliphatic heterocycles. The van der Waals surface area contributed by atoms with Gasteiger partial charge in [0, 0.05) is 105 Å². The molecule has 8 saturated carbocycles. The number of ether oxygens (including phenoxy) is 4. The molecule has 2 N–H and O–H groups in total. The summed E-state index contributed by atoms with van der Waals surface area (Å²) >= 11 is 0. The molecule has 0 amide bonds.